The molecule has 2 aromatic carbocycles. The molecule has 0 aromatic heterocycles. The van der Waals surface area contributed by atoms with Crippen LogP contribution >= 0.6 is 0 Å². The van der Waals surface area contributed by atoms with Crippen molar-refractivity contribution in [1.29, 1.82) is 0 Å². The van der Waals surface area contributed by atoms with Crippen LogP contribution in [0.4, 0.5) is 11.4 Å². The van der Waals surface area contributed by atoms with Crippen LogP contribution < -0.4 is 5.73 Å². The summed E-state index contributed by atoms with van der Waals surface area (Å²) in [6.45, 7) is 0.675. The molecule has 0 atom stereocenters. The number of anilines is 1. The molecule has 2 aromatic rings. The summed E-state index contributed by atoms with van der Waals surface area (Å²) in [5.41, 5.74) is 10.1. The van der Waals surface area contributed by atoms with Gasteiger partial charge in [0.25, 0.3) is 5.69 Å². The number of aliphatic imine (C=N–C) groups is 1. The standard InChI is InChI=1S/C15H13N3O2/c16-14-6-5-11(18(19)20)9-13(14)15-12-4-2-1-3-10(12)7-8-17-15/h1-6,9H,7-8,16H2. The number of nitro benzene ring substituents is 1. The molecule has 0 saturated heterocycles. The van der Waals surface area contributed by atoms with E-state index in [2.05, 4.69) is 11.1 Å². The highest BCUT2D eigenvalue weighted by atomic mass is 16.6. The number of hydrogen-bond acceptors (Lipinski definition) is 4. The van der Waals surface area contributed by atoms with Gasteiger partial charge in [-0.1, -0.05) is 24.3 Å². The average molecular weight is 267 g/mol. The van der Waals surface area contributed by atoms with Gasteiger partial charge in [0.2, 0.25) is 0 Å². The summed E-state index contributed by atoms with van der Waals surface area (Å²) in [4.78, 5) is 15.0. The Morgan fingerprint density at radius 2 is 1.95 bits per heavy atom. The summed E-state index contributed by atoms with van der Waals surface area (Å²) in [7, 11) is 0. The van der Waals surface area contributed by atoms with E-state index in [0.717, 1.165) is 17.7 Å². The molecule has 0 aliphatic carbocycles. The molecule has 0 bridgehead atoms. The monoisotopic (exact) mass is 267 g/mol. The number of rotatable bonds is 2. The van der Waals surface area contributed by atoms with Crippen LogP contribution in [0.1, 0.15) is 16.7 Å². The predicted molar refractivity (Wildman–Crippen MR) is 78.2 cm³/mol. The second-order valence-corrected chi connectivity index (χ2v) is 4.67. The number of nitrogens with two attached hydrogens (primary N) is 1. The van der Waals surface area contributed by atoms with Crippen LogP contribution in [-0.4, -0.2) is 17.2 Å². The molecule has 1 heterocycles. The molecule has 0 saturated carbocycles. The minimum absolute atomic E-state index is 0.0277. The van der Waals surface area contributed by atoms with E-state index in [-0.39, 0.29) is 5.69 Å². The van der Waals surface area contributed by atoms with Crippen molar-refractivity contribution in [2.75, 3.05) is 12.3 Å². The Hall–Kier alpha value is -2.69. The fraction of sp³-hybridized carbons (Fsp3) is 0.133. The average Bonchev–Trinajstić information content (AvgIpc) is 2.47. The third-order valence-corrected chi connectivity index (χ3v) is 3.43. The van der Waals surface area contributed by atoms with E-state index in [0.29, 0.717) is 17.8 Å². The number of nitro groups is 1. The van der Waals surface area contributed by atoms with E-state index in [9.17, 15) is 10.1 Å². The van der Waals surface area contributed by atoms with E-state index in [1.165, 1.54) is 17.7 Å². The molecule has 1 aliphatic heterocycles. The van der Waals surface area contributed by atoms with E-state index < -0.39 is 4.92 Å². The highest BCUT2D eigenvalue weighted by Crippen LogP contribution is 2.26. The van der Waals surface area contributed by atoms with Crippen LogP contribution in [0.2, 0.25) is 0 Å². The molecule has 0 unspecified atom stereocenters. The Balaban J connectivity index is 2.16. The predicted octanol–water partition coefficient (Wildman–Crippen LogP) is 2.57. The summed E-state index contributed by atoms with van der Waals surface area (Å²) in [5, 5.41) is 10.9. The highest BCUT2D eigenvalue weighted by Gasteiger charge is 2.19. The zero-order chi connectivity index (χ0) is 14.1. The normalized spacial score (nSPS) is 13.5. The molecule has 5 heteroatoms. The lowest BCUT2D eigenvalue weighted by molar-refractivity contribution is -0.384. The van der Waals surface area contributed by atoms with Crippen molar-refractivity contribution in [1.82, 2.24) is 0 Å². The van der Waals surface area contributed by atoms with Crippen LogP contribution in [-0.2, 0) is 6.42 Å². The van der Waals surface area contributed by atoms with Gasteiger partial charge in [-0.15, -0.1) is 0 Å². The lowest BCUT2D eigenvalue weighted by Crippen LogP contribution is -2.15. The number of hydrogen-bond donors (Lipinski definition) is 1. The minimum Gasteiger partial charge on any atom is -0.398 e. The van der Waals surface area contributed by atoms with Crippen molar-refractivity contribution in [2.24, 2.45) is 4.99 Å². The lowest BCUT2D eigenvalue weighted by atomic mass is 9.92. The molecule has 5 nitrogen and oxygen atoms in total. The first kappa shape index (κ1) is 12.3. The van der Waals surface area contributed by atoms with Crippen molar-refractivity contribution in [3.63, 3.8) is 0 Å². The summed E-state index contributed by atoms with van der Waals surface area (Å²) in [6, 6.07) is 12.4. The first-order chi connectivity index (χ1) is 9.66. The van der Waals surface area contributed by atoms with Crippen LogP contribution in [0.3, 0.4) is 0 Å². The first-order valence-electron chi connectivity index (χ1n) is 6.34. The fourth-order valence-electron chi connectivity index (χ4n) is 2.44. The van der Waals surface area contributed by atoms with Crippen molar-refractivity contribution in [3.05, 3.63) is 69.3 Å². The molecule has 1 aliphatic rings. The quantitative estimate of drug-likeness (QED) is 0.515. The Labute approximate surface area is 115 Å². The van der Waals surface area contributed by atoms with Crippen LogP contribution in [0.5, 0.6) is 0 Å². The van der Waals surface area contributed by atoms with Crippen molar-refractivity contribution in [3.8, 4) is 0 Å². The van der Waals surface area contributed by atoms with Crippen LogP contribution in [0.15, 0.2) is 47.5 Å². The van der Waals surface area contributed by atoms with Gasteiger partial charge in [-0.2, -0.15) is 0 Å². The maximum absolute atomic E-state index is 10.9. The molecule has 20 heavy (non-hydrogen) atoms. The summed E-state index contributed by atoms with van der Waals surface area (Å²) < 4.78 is 0. The fourth-order valence-corrected chi connectivity index (χ4v) is 2.44. The smallest absolute Gasteiger partial charge is 0.270 e. The maximum Gasteiger partial charge on any atom is 0.270 e. The van der Waals surface area contributed by atoms with Gasteiger partial charge in [0, 0.05) is 35.5 Å². The van der Waals surface area contributed by atoms with Gasteiger partial charge < -0.3 is 5.73 Å². The van der Waals surface area contributed by atoms with E-state index >= 15 is 0 Å². The molecule has 100 valence electrons. The topological polar surface area (TPSA) is 81.5 Å². The summed E-state index contributed by atoms with van der Waals surface area (Å²) in [5.74, 6) is 0. The molecule has 0 fully saturated rings. The Morgan fingerprint density at radius 1 is 1.15 bits per heavy atom. The van der Waals surface area contributed by atoms with Crippen molar-refractivity contribution < 1.29 is 4.92 Å². The van der Waals surface area contributed by atoms with E-state index in [1.54, 1.807) is 6.07 Å². The molecule has 0 amide bonds. The second-order valence-electron chi connectivity index (χ2n) is 4.67. The summed E-state index contributed by atoms with van der Waals surface area (Å²) in [6.07, 6.45) is 0.883. The van der Waals surface area contributed by atoms with Crippen LogP contribution in [0.25, 0.3) is 0 Å². The van der Waals surface area contributed by atoms with Crippen molar-refractivity contribution >= 4 is 17.1 Å². The number of nitrogen functional groups attached to an aromatic ring is 1. The molecular weight excluding hydrogens is 254 g/mol. The first-order valence-corrected chi connectivity index (χ1v) is 6.34. The highest BCUT2D eigenvalue weighted by molar-refractivity contribution is 6.17. The number of benzene rings is 2. The van der Waals surface area contributed by atoms with Gasteiger partial charge >= 0.3 is 0 Å². The molecule has 3 rings (SSSR count). The van der Waals surface area contributed by atoms with Gasteiger partial charge in [-0.05, 0) is 18.1 Å². The Morgan fingerprint density at radius 3 is 2.75 bits per heavy atom. The Kier molecular flexibility index (Phi) is 2.95. The molecular formula is C15H13N3O2. The third-order valence-electron chi connectivity index (χ3n) is 3.43. The number of nitrogens with zero attached hydrogens (tertiary/aromatic N) is 2. The third kappa shape index (κ3) is 2.03. The molecule has 2 N–H and O–H groups in total. The molecule has 0 spiro atoms. The SMILES string of the molecule is Nc1ccc([N+](=O)[O-])cc1C1=NCCc2ccccc21. The van der Waals surface area contributed by atoms with Gasteiger partial charge in [-0.3, -0.25) is 15.1 Å². The van der Waals surface area contributed by atoms with Gasteiger partial charge in [-0.25, -0.2) is 0 Å². The summed E-state index contributed by atoms with van der Waals surface area (Å²) >= 11 is 0. The van der Waals surface area contributed by atoms with E-state index in [4.69, 9.17) is 5.73 Å². The maximum atomic E-state index is 10.9. The van der Waals surface area contributed by atoms with Gasteiger partial charge in [0.1, 0.15) is 0 Å². The molecule has 0 radical (unpaired) electrons. The largest absolute Gasteiger partial charge is 0.398 e. The van der Waals surface area contributed by atoms with Gasteiger partial charge in [0.05, 0.1) is 10.6 Å². The number of fused-ring (bicyclic) bond motifs is 1. The van der Waals surface area contributed by atoms with Crippen molar-refractivity contribution in [2.45, 2.75) is 6.42 Å². The van der Waals surface area contributed by atoms with Gasteiger partial charge in [0.15, 0.2) is 0 Å². The van der Waals surface area contributed by atoms with E-state index in [1.807, 2.05) is 18.2 Å². The Bertz CT molecular complexity index is 723. The van der Waals surface area contributed by atoms with Crippen LogP contribution in [0, 0.1) is 10.1 Å². The second kappa shape index (κ2) is 4.77. The lowest BCUT2D eigenvalue weighted by Gasteiger charge is -2.18. The number of non-ortho nitro benzene ring substituents is 1. The zero-order valence-corrected chi connectivity index (χ0v) is 10.7. The zero-order valence-electron chi connectivity index (χ0n) is 10.7. The minimum atomic E-state index is -0.418.